The Kier molecular flexibility index (Phi) is 4.79. The Labute approximate surface area is 147 Å². The lowest BCUT2D eigenvalue weighted by atomic mass is 10.1. The van der Waals surface area contributed by atoms with Crippen LogP contribution in [0.1, 0.15) is 21.6 Å². The average molecular weight is 360 g/mol. The Morgan fingerprint density at radius 2 is 1.73 bits per heavy atom. The fourth-order valence-corrected chi connectivity index (χ4v) is 2.45. The maximum Gasteiger partial charge on any atom is 0.416 e. The molecule has 7 heteroatoms. The number of hydrogen-bond donors (Lipinski definition) is 0. The molecule has 0 aliphatic heterocycles. The minimum atomic E-state index is -4.38. The lowest BCUT2D eigenvalue weighted by Crippen LogP contribution is -2.26. The Balaban J connectivity index is 1.69. The molecule has 0 atom stereocenters. The second-order valence-corrected chi connectivity index (χ2v) is 5.80. The summed E-state index contributed by atoms with van der Waals surface area (Å²) in [4.78, 5) is 13.8. The summed E-state index contributed by atoms with van der Waals surface area (Å²) in [6.07, 6.45) is -4.38. The van der Waals surface area contributed by atoms with Gasteiger partial charge in [-0.15, -0.1) is 0 Å². The Hall–Kier alpha value is -3.09. The van der Waals surface area contributed by atoms with Crippen LogP contribution < -0.4 is 0 Å². The predicted octanol–water partition coefficient (Wildman–Crippen LogP) is 4.63. The molecular weight excluding hydrogens is 345 g/mol. The normalized spacial score (nSPS) is 11.4. The number of carbonyl (C=O) groups is 1. The fourth-order valence-electron chi connectivity index (χ4n) is 2.45. The highest BCUT2D eigenvalue weighted by molar-refractivity contribution is 5.92. The van der Waals surface area contributed by atoms with Gasteiger partial charge in [-0.05, 0) is 17.7 Å². The van der Waals surface area contributed by atoms with Gasteiger partial charge in [-0.1, -0.05) is 47.6 Å². The van der Waals surface area contributed by atoms with Crippen LogP contribution in [0.5, 0.6) is 0 Å². The van der Waals surface area contributed by atoms with Crippen LogP contribution in [0.3, 0.4) is 0 Å². The summed E-state index contributed by atoms with van der Waals surface area (Å²) in [5.41, 5.74) is 0.794. The third kappa shape index (κ3) is 3.93. The Morgan fingerprint density at radius 3 is 2.35 bits per heavy atom. The maximum absolute atomic E-state index is 12.6. The topological polar surface area (TPSA) is 46.3 Å². The van der Waals surface area contributed by atoms with Gasteiger partial charge in [0.2, 0.25) is 0 Å². The predicted molar refractivity (Wildman–Crippen MR) is 89.2 cm³/mol. The van der Waals surface area contributed by atoms with Crippen molar-refractivity contribution in [3.63, 3.8) is 0 Å². The molecule has 0 spiro atoms. The van der Waals surface area contributed by atoms with Crippen molar-refractivity contribution >= 4 is 5.91 Å². The molecule has 1 amide bonds. The number of aromatic nitrogens is 1. The molecule has 0 radical (unpaired) electrons. The highest BCUT2D eigenvalue weighted by Crippen LogP contribution is 2.29. The van der Waals surface area contributed by atoms with Gasteiger partial charge in [-0.25, -0.2) is 0 Å². The van der Waals surface area contributed by atoms with Crippen molar-refractivity contribution in [1.82, 2.24) is 10.1 Å². The number of benzene rings is 2. The molecule has 0 bridgehead atoms. The first-order valence-electron chi connectivity index (χ1n) is 7.78. The van der Waals surface area contributed by atoms with Crippen molar-refractivity contribution < 1.29 is 22.5 Å². The third-order valence-electron chi connectivity index (χ3n) is 3.84. The summed E-state index contributed by atoms with van der Waals surface area (Å²) in [7, 11) is 1.55. The molecule has 0 saturated carbocycles. The van der Waals surface area contributed by atoms with E-state index in [-0.39, 0.29) is 18.1 Å². The third-order valence-corrected chi connectivity index (χ3v) is 3.84. The van der Waals surface area contributed by atoms with E-state index in [1.807, 2.05) is 30.3 Å². The van der Waals surface area contributed by atoms with Crippen molar-refractivity contribution in [2.75, 3.05) is 7.05 Å². The summed E-state index contributed by atoms with van der Waals surface area (Å²) >= 11 is 0. The van der Waals surface area contributed by atoms with E-state index >= 15 is 0 Å². The van der Waals surface area contributed by atoms with Crippen LogP contribution in [0.15, 0.2) is 65.2 Å². The zero-order valence-electron chi connectivity index (χ0n) is 13.8. The molecule has 0 aliphatic rings. The van der Waals surface area contributed by atoms with Gasteiger partial charge in [0.1, 0.15) is 0 Å². The average Bonchev–Trinajstić information content (AvgIpc) is 3.11. The minimum Gasteiger partial charge on any atom is -0.355 e. The van der Waals surface area contributed by atoms with E-state index in [1.165, 1.54) is 17.0 Å². The molecule has 0 fully saturated rings. The number of nitrogens with zero attached hydrogens (tertiary/aromatic N) is 2. The van der Waals surface area contributed by atoms with Gasteiger partial charge >= 0.3 is 6.18 Å². The quantitative estimate of drug-likeness (QED) is 0.681. The molecule has 0 unspecified atom stereocenters. The lowest BCUT2D eigenvalue weighted by Gasteiger charge is -2.16. The largest absolute Gasteiger partial charge is 0.416 e. The first-order valence-corrected chi connectivity index (χ1v) is 7.78. The lowest BCUT2D eigenvalue weighted by molar-refractivity contribution is -0.137. The standard InChI is InChI=1S/C19H15F3N2O2/c1-24(12-13-7-9-15(10-8-13)19(20,21)22)18(25)16-11-17(26-23-16)14-5-3-2-4-6-14/h2-11H,12H2,1H3. The van der Waals surface area contributed by atoms with Crippen molar-refractivity contribution in [1.29, 1.82) is 0 Å². The second-order valence-electron chi connectivity index (χ2n) is 5.80. The van der Waals surface area contributed by atoms with Crippen molar-refractivity contribution in [2.45, 2.75) is 12.7 Å². The van der Waals surface area contributed by atoms with E-state index in [4.69, 9.17) is 4.52 Å². The molecule has 4 nitrogen and oxygen atoms in total. The summed E-state index contributed by atoms with van der Waals surface area (Å²) in [5, 5.41) is 3.79. The molecular formula is C19H15F3N2O2. The number of amides is 1. The Morgan fingerprint density at radius 1 is 1.08 bits per heavy atom. The van der Waals surface area contributed by atoms with E-state index < -0.39 is 11.7 Å². The van der Waals surface area contributed by atoms with Crippen LogP contribution in [-0.2, 0) is 12.7 Å². The fraction of sp³-hybridized carbons (Fsp3) is 0.158. The van der Waals surface area contributed by atoms with Gasteiger partial charge in [0.15, 0.2) is 11.5 Å². The van der Waals surface area contributed by atoms with Gasteiger partial charge in [0.05, 0.1) is 5.56 Å². The minimum absolute atomic E-state index is 0.137. The van der Waals surface area contributed by atoms with Crippen molar-refractivity contribution in [3.8, 4) is 11.3 Å². The molecule has 0 aliphatic carbocycles. The highest BCUT2D eigenvalue weighted by atomic mass is 19.4. The van der Waals surface area contributed by atoms with Crippen molar-refractivity contribution in [2.24, 2.45) is 0 Å². The number of rotatable bonds is 4. The van der Waals surface area contributed by atoms with E-state index in [0.29, 0.717) is 11.3 Å². The van der Waals surface area contributed by atoms with Gasteiger partial charge in [0, 0.05) is 25.2 Å². The van der Waals surface area contributed by atoms with E-state index in [9.17, 15) is 18.0 Å². The number of carbonyl (C=O) groups excluding carboxylic acids is 1. The summed E-state index contributed by atoms with van der Waals surface area (Å²) in [6.45, 7) is 0.157. The van der Waals surface area contributed by atoms with Gasteiger partial charge < -0.3 is 9.42 Å². The SMILES string of the molecule is CN(Cc1ccc(C(F)(F)F)cc1)C(=O)c1cc(-c2ccccc2)on1. The highest BCUT2D eigenvalue weighted by Gasteiger charge is 2.30. The molecule has 3 aromatic rings. The monoisotopic (exact) mass is 360 g/mol. The molecule has 26 heavy (non-hydrogen) atoms. The second kappa shape index (κ2) is 7.03. The van der Waals surface area contributed by atoms with Crippen molar-refractivity contribution in [3.05, 3.63) is 77.5 Å². The molecule has 2 aromatic carbocycles. The van der Waals surface area contributed by atoms with Crippen LogP contribution >= 0.6 is 0 Å². The molecule has 0 N–H and O–H groups in total. The van der Waals surface area contributed by atoms with Gasteiger partial charge in [0.25, 0.3) is 5.91 Å². The summed E-state index contributed by atoms with van der Waals surface area (Å²) in [6, 6.07) is 15.5. The first kappa shape index (κ1) is 17.7. The molecule has 0 saturated heterocycles. The number of halogens is 3. The Bertz CT molecular complexity index is 887. The van der Waals surface area contributed by atoms with E-state index in [0.717, 1.165) is 17.7 Å². The number of hydrogen-bond acceptors (Lipinski definition) is 3. The van der Waals surface area contributed by atoms with Crippen LogP contribution in [0.4, 0.5) is 13.2 Å². The number of alkyl halides is 3. The molecule has 1 heterocycles. The van der Waals surface area contributed by atoms with Gasteiger partial charge in [-0.2, -0.15) is 13.2 Å². The molecule has 1 aromatic heterocycles. The smallest absolute Gasteiger partial charge is 0.355 e. The van der Waals surface area contributed by atoms with E-state index in [1.54, 1.807) is 13.1 Å². The zero-order chi connectivity index (χ0) is 18.7. The van der Waals surface area contributed by atoms with Crippen LogP contribution in [0.25, 0.3) is 11.3 Å². The maximum atomic E-state index is 12.6. The van der Waals surface area contributed by atoms with E-state index in [2.05, 4.69) is 5.16 Å². The molecule has 3 rings (SSSR count). The van der Waals surface area contributed by atoms with Gasteiger partial charge in [-0.3, -0.25) is 4.79 Å². The van der Waals surface area contributed by atoms with Crippen LogP contribution in [-0.4, -0.2) is 23.0 Å². The summed E-state index contributed by atoms with van der Waals surface area (Å²) < 4.78 is 43.0. The summed E-state index contributed by atoms with van der Waals surface area (Å²) in [5.74, 6) is 0.0905. The van der Waals surface area contributed by atoms with Crippen LogP contribution in [0.2, 0.25) is 0 Å². The zero-order valence-corrected chi connectivity index (χ0v) is 13.8. The first-order chi connectivity index (χ1) is 12.3. The molecule has 134 valence electrons. The van der Waals surface area contributed by atoms with Crippen LogP contribution in [0, 0.1) is 0 Å².